The molecule has 1 aromatic heterocycles. The zero-order chi connectivity index (χ0) is 15.3. The van der Waals surface area contributed by atoms with Crippen LogP contribution in [0.5, 0.6) is 0 Å². The molecule has 2 fully saturated rings. The van der Waals surface area contributed by atoms with Crippen LogP contribution in [-0.2, 0) is 9.47 Å². The van der Waals surface area contributed by atoms with Crippen molar-refractivity contribution in [1.82, 2.24) is 14.9 Å². The Bertz CT molecular complexity index is 461. The van der Waals surface area contributed by atoms with E-state index in [1.807, 2.05) is 0 Å². The van der Waals surface area contributed by atoms with Gasteiger partial charge < -0.3 is 19.9 Å². The zero-order valence-corrected chi connectivity index (χ0v) is 12.8. The maximum atomic E-state index is 9.16. The van der Waals surface area contributed by atoms with Crippen LogP contribution in [0.1, 0.15) is 6.42 Å². The summed E-state index contributed by atoms with van der Waals surface area (Å²) in [4.78, 5) is 10.5. The molecule has 1 spiro atoms. The van der Waals surface area contributed by atoms with Crippen molar-refractivity contribution in [3.63, 3.8) is 0 Å². The summed E-state index contributed by atoms with van der Waals surface area (Å²) >= 11 is 0. The molecule has 7 heteroatoms. The standard InChI is InChI=1S/C15H24N4O3/c20-5-3-19-4-6-21-12-15(11-19)7-13(10-22-15)8-18-14-9-16-1-2-17-14/h1-2,9,13,20H,3-8,10-12H2,(H,17,18). The number of rotatable bonds is 5. The van der Waals surface area contributed by atoms with Gasteiger partial charge in [-0.05, 0) is 6.42 Å². The first-order chi connectivity index (χ1) is 10.8. The molecule has 1 aromatic rings. The molecule has 0 amide bonds. The lowest BCUT2D eigenvalue weighted by atomic mass is 9.94. The van der Waals surface area contributed by atoms with Crippen molar-refractivity contribution >= 4 is 5.82 Å². The highest BCUT2D eigenvalue weighted by Gasteiger charge is 2.43. The fourth-order valence-corrected chi connectivity index (χ4v) is 3.24. The molecule has 2 saturated heterocycles. The van der Waals surface area contributed by atoms with Crippen LogP contribution >= 0.6 is 0 Å². The van der Waals surface area contributed by atoms with Crippen LogP contribution in [0.2, 0.25) is 0 Å². The van der Waals surface area contributed by atoms with Crippen LogP contribution in [0.25, 0.3) is 0 Å². The van der Waals surface area contributed by atoms with E-state index >= 15 is 0 Å². The van der Waals surface area contributed by atoms with Crippen LogP contribution in [0.4, 0.5) is 5.82 Å². The summed E-state index contributed by atoms with van der Waals surface area (Å²) in [7, 11) is 0. The molecule has 2 unspecified atom stereocenters. The van der Waals surface area contributed by atoms with Gasteiger partial charge in [-0.3, -0.25) is 9.88 Å². The highest BCUT2D eigenvalue weighted by Crippen LogP contribution is 2.32. The third-order valence-electron chi connectivity index (χ3n) is 4.27. The number of nitrogens with one attached hydrogen (secondary N) is 1. The van der Waals surface area contributed by atoms with Crippen molar-refractivity contribution in [2.75, 3.05) is 57.9 Å². The van der Waals surface area contributed by atoms with Gasteiger partial charge in [0.25, 0.3) is 0 Å². The Balaban J connectivity index is 1.53. The summed E-state index contributed by atoms with van der Waals surface area (Å²) in [5.41, 5.74) is -0.236. The van der Waals surface area contributed by atoms with Gasteiger partial charge in [-0.25, -0.2) is 4.98 Å². The Hall–Kier alpha value is -1.28. The highest BCUT2D eigenvalue weighted by molar-refractivity contribution is 5.29. The van der Waals surface area contributed by atoms with Gasteiger partial charge >= 0.3 is 0 Å². The minimum atomic E-state index is -0.236. The monoisotopic (exact) mass is 308 g/mol. The fourth-order valence-electron chi connectivity index (χ4n) is 3.24. The van der Waals surface area contributed by atoms with Gasteiger partial charge in [-0.2, -0.15) is 0 Å². The molecule has 2 N–H and O–H groups in total. The number of aliphatic hydroxyl groups excluding tert-OH is 1. The van der Waals surface area contributed by atoms with E-state index in [0.29, 0.717) is 25.7 Å². The molecule has 7 nitrogen and oxygen atoms in total. The summed E-state index contributed by atoms with van der Waals surface area (Å²) in [5, 5.41) is 12.5. The number of anilines is 1. The maximum Gasteiger partial charge on any atom is 0.144 e. The van der Waals surface area contributed by atoms with Crippen molar-refractivity contribution in [3.05, 3.63) is 18.6 Å². The first-order valence-corrected chi connectivity index (χ1v) is 7.84. The molecule has 2 aliphatic heterocycles. The third-order valence-corrected chi connectivity index (χ3v) is 4.27. The molecule has 0 aliphatic carbocycles. The van der Waals surface area contributed by atoms with Gasteiger partial charge in [-0.1, -0.05) is 0 Å². The normalized spacial score (nSPS) is 29.6. The molecular formula is C15H24N4O3. The van der Waals surface area contributed by atoms with E-state index in [4.69, 9.17) is 14.6 Å². The number of ether oxygens (including phenoxy) is 2. The number of hydrogen-bond acceptors (Lipinski definition) is 7. The summed E-state index contributed by atoms with van der Waals surface area (Å²) < 4.78 is 11.8. The van der Waals surface area contributed by atoms with Crippen LogP contribution in [0, 0.1) is 5.92 Å². The van der Waals surface area contributed by atoms with Gasteiger partial charge in [0.2, 0.25) is 0 Å². The number of β-amino-alcohol motifs (C(OH)–C–C–N with tert-alkyl or cyclic N) is 1. The zero-order valence-electron chi connectivity index (χ0n) is 12.8. The quantitative estimate of drug-likeness (QED) is 0.792. The van der Waals surface area contributed by atoms with Gasteiger partial charge in [0, 0.05) is 44.5 Å². The fraction of sp³-hybridized carbons (Fsp3) is 0.733. The van der Waals surface area contributed by atoms with E-state index in [-0.39, 0.29) is 12.2 Å². The summed E-state index contributed by atoms with van der Waals surface area (Å²) in [6, 6.07) is 0. The molecule has 22 heavy (non-hydrogen) atoms. The Morgan fingerprint density at radius 2 is 2.41 bits per heavy atom. The predicted octanol–water partition coefficient (Wildman–Crippen LogP) is -0.0117. The van der Waals surface area contributed by atoms with Gasteiger partial charge in [-0.15, -0.1) is 0 Å². The Kier molecular flexibility index (Phi) is 5.20. The first-order valence-electron chi connectivity index (χ1n) is 7.84. The summed E-state index contributed by atoms with van der Waals surface area (Å²) in [5.74, 6) is 1.22. The van der Waals surface area contributed by atoms with Crippen molar-refractivity contribution in [2.45, 2.75) is 12.0 Å². The lowest BCUT2D eigenvalue weighted by Crippen LogP contribution is -2.45. The highest BCUT2D eigenvalue weighted by atomic mass is 16.5. The molecule has 0 radical (unpaired) electrons. The Labute approximate surface area is 130 Å². The molecule has 0 aromatic carbocycles. The second-order valence-electron chi connectivity index (χ2n) is 6.09. The van der Waals surface area contributed by atoms with Crippen LogP contribution in [-0.4, -0.2) is 78.2 Å². The lowest BCUT2D eigenvalue weighted by molar-refractivity contribution is -0.0563. The topological polar surface area (TPSA) is 79.7 Å². The number of aliphatic hydroxyl groups is 1. The molecule has 122 valence electrons. The number of hydrogen-bond donors (Lipinski definition) is 2. The molecule has 3 rings (SSSR count). The van der Waals surface area contributed by atoms with E-state index in [1.54, 1.807) is 18.6 Å². The van der Waals surface area contributed by atoms with Gasteiger partial charge in [0.05, 0.1) is 32.6 Å². The molecule has 2 aliphatic rings. The minimum absolute atomic E-state index is 0.174. The van der Waals surface area contributed by atoms with E-state index < -0.39 is 0 Å². The average molecular weight is 308 g/mol. The SMILES string of the molecule is OCCN1CCOCC2(CC(CNc3cnccn3)CO2)C1. The number of nitrogens with zero attached hydrogens (tertiary/aromatic N) is 3. The van der Waals surface area contributed by atoms with E-state index in [9.17, 15) is 0 Å². The van der Waals surface area contributed by atoms with E-state index in [2.05, 4.69) is 20.2 Å². The van der Waals surface area contributed by atoms with Crippen molar-refractivity contribution in [1.29, 1.82) is 0 Å². The van der Waals surface area contributed by atoms with Gasteiger partial charge in [0.1, 0.15) is 11.4 Å². The molecule has 3 heterocycles. The maximum absolute atomic E-state index is 9.16. The van der Waals surface area contributed by atoms with Crippen LogP contribution in [0.3, 0.4) is 0 Å². The predicted molar refractivity (Wildman–Crippen MR) is 81.7 cm³/mol. The second kappa shape index (κ2) is 7.32. The molecule has 2 atom stereocenters. The first kappa shape index (κ1) is 15.6. The summed E-state index contributed by atoms with van der Waals surface area (Å²) in [6.07, 6.45) is 6.03. The van der Waals surface area contributed by atoms with Crippen molar-refractivity contribution in [3.8, 4) is 0 Å². The molecular weight excluding hydrogens is 284 g/mol. The number of aromatic nitrogens is 2. The van der Waals surface area contributed by atoms with Crippen LogP contribution in [0.15, 0.2) is 18.6 Å². The van der Waals surface area contributed by atoms with E-state index in [0.717, 1.165) is 38.5 Å². The summed E-state index contributed by atoms with van der Waals surface area (Å²) in [6.45, 7) is 5.42. The third kappa shape index (κ3) is 3.92. The van der Waals surface area contributed by atoms with E-state index in [1.165, 1.54) is 0 Å². The van der Waals surface area contributed by atoms with Crippen molar-refractivity contribution < 1.29 is 14.6 Å². The van der Waals surface area contributed by atoms with Gasteiger partial charge in [0.15, 0.2) is 0 Å². The second-order valence-corrected chi connectivity index (χ2v) is 6.09. The average Bonchev–Trinajstić information content (AvgIpc) is 2.82. The largest absolute Gasteiger partial charge is 0.395 e. The Morgan fingerprint density at radius 3 is 3.23 bits per heavy atom. The minimum Gasteiger partial charge on any atom is -0.395 e. The molecule has 0 bridgehead atoms. The lowest BCUT2D eigenvalue weighted by Gasteiger charge is -2.30. The smallest absolute Gasteiger partial charge is 0.144 e. The van der Waals surface area contributed by atoms with Crippen molar-refractivity contribution in [2.24, 2.45) is 5.92 Å². The Morgan fingerprint density at radius 1 is 1.45 bits per heavy atom. The van der Waals surface area contributed by atoms with Crippen LogP contribution < -0.4 is 5.32 Å². The molecule has 0 saturated carbocycles.